The molecule has 0 radical (unpaired) electrons. The fourth-order valence-corrected chi connectivity index (χ4v) is 3.27. The van der Waals surface area contributed by atoms with Gasteiger partial charge in [0.1, 0.15) is 5.01 Å². The lowest BCUT2D eigenvalue weighted by Gasteiger charge is -2.21. The molecular weight excluding hydrogens is 284 g/mol. The predicted molar refractivity (Wildman–Crippen MR) is 85.6 cm³/mol. The Labute approximate surface area is 126 Å². The minimum absolute atomic E-state index is 0.169. The van der Waals surface area contributed by atoms with Gasteiger partial charge < -0.3 is 15.3 Å². The van der Waals surface area contributed by atoms with Crippen molar-refractivity contribution in [3.63, 3.8) is 0 Å². The van der Waals surface area contributed by atoms with Crippen LogP contribution in [0, 0.1) is 0 Å². The molecule has 110 valence electrons. The Kier molecular flexibility index (Phi) is 3.90. The number of H-pyrrole nitrogens is 2. The normalized spacial score (nSPS) is 14.4. The van der Waals surface area contributed by atoms with Gasteiger partial charge in [-0.1, -0.05) is 13.0 Å². The quantitative estimate of drug-likeness (QED) is 0.678. The van der Waals surface area contributed by atoms with Crippen LogP contribution in [0.5, 0.6) is 0 Å². The number of hydrogen-bond donors (Lipinski definition) is 3. The van der Waals surface area contributed by atoms with Crippen molar-refractivity contribution < 1.29 is 0 Å². The van der Waals surface area contributed by atoms with E-state index in [1.54, 1.807) is 11.3 Å². The zero-order valence-electron chi connectivity index (χ0n) is 12.0. The number of fused-ring (bicyclic) bond motifs is 1. The number of rotatable bonds is 5. The summed E-state index contributed by atoms with van der Waals surface area (Å²) in [5.41, 5.74) is 2.65. The van der Waals surface area contributed by atoms with Crippen LogP contribution in [0.1, 0.15) is 42.9 Å². The lowest BCUT2D eigenvalue weighted by atomic mass is 10.1. The molecule has 2 aromatic heterocycles. The number of imidazole rings is 1. The van der Waals surface area contributed by atoms with Crippen molar-refractivity contribution in [1.82, 2.24) is 20.3 Å². The van der Waals surface area contributed by atoms with E-state index in [1.807, 2.05) is 29.8 Å². The standard InChI is InChI=1S/C15H18N4OS/c1-3-11(14-16-6-7-21-14)17-9(2)10-4-5-12-13(8-10)19-15(20)18-12/h4-9,11,17H,3H2,1-2H3,(H2,18,19,20). The van der Waals surface area contributed by atoms with Crippen molar-refractivity contribution >= 4 is 22.4 Å². The van der Waals surface area contributed by atoms with E-state index in [0.29, 0.717) is 0 Å². The van der Waals surface area contributed by atoms with Crippen LogP contribution < -0.4 is 11.0 Å². The molecule has 0 amide bonds. The summed E-state index contributed by atoms with van der Waals surface area (Å²) in [4.78, 5) is 21.3. The maximum Gasteiger partial charge on any atom is 0.323 e. The van der Waals surface area contributed by atoms with Crippen molar-refractivity contribution in [3.8, 4) is 0 Å². The van der Waals surface area contributed by atoms with E-state index in [2.05, 4.69) is 34.1 Å². The average Bonchev–Trinajstić information content (AvgIpc) is 3.11. The van der Waals surface area contributed by atoms with Crippen molar-refractivity contribution in [2.45, 2.75) is 32.4 Å². The Bertz CT molecular complexity index is 774. The number of benzene rings is 1. The molecule has 0 aliphatic carbocycles. The Morgan fingerprint density at radius 3 is 2.86 bits per heavy atom. The molecule has 5 nitrogen and oxygen atoms in total. The molecule has 0 saturated heterocycles. The zero-order valence-corrected chi connectivity index (χ0v) is 12.8. The van der Waals surface area contributed by atoms with Crippen molar-refractivity contribution in [3.05, 3.63) is 50.8 Å². The second-order valence-electron chi connectivity index (χ2n) is 5.10. The molecule has 2 atom stereocenters. The van der Waals surface area contributed by atoms with E-state index in [9.17, 15) is 4.79 Å². The average molecular weight is 302 g/mol. The first kappa shape index (κ1) is 14.0. The number of aromatic amines is 2. The van der Waals surface area contributed by atoms with Crippen molar-refractivity contribution in [2.24, 2.45) is 0 Å². The van der Waals surface area contributed by atoms with Gasteiger partial charge in [-0.05, 0) is 31.0 Å². The van der Waals surface area contributed by atoms with Gasteiger partial charge >= 0.3 is 5.69 Å². The number of hydrogen-bond acceptors (Lipinski definition) is 4. The molecule has 0 aliphatic rings. The Balaban J connectivity index is 1.82. The number of nitrogens with zero attached hydrogens (tertiary/aromatic N) is 1. The van der Waals surface area contributed by atoms with Gasteiger partial charge in [0.25, 0.3) is 0 Å². The van der Waals surface area contributed by atoms with Crippen LogP contribution in [0.4, 0.5) is 0 Å². The van der Waals surface area contributed by atoms with Crippen LogP contribution in [0.2, 0.25) is 0 Å². The number of aromatic nitrogens is 3. The van der Waals surface area contributed by atoms with Crippen LogP contribution in [-0.4, -0.2) is 15.0 Å². The van der Waals surface area contributed by atoms with E-state index in [4.69, 9.17) is 0 Å². The monoisotopic (exact) mass is 302 g/mol. The minimum atomic E-state index is -0.169. The first-order valence-electron chi connectivity index (χ1n) is 7.04. The van der Waals surface area contributed by atoms with E-state index in [1.165, 1.54) is 0 Å². The summed E-state index contributed by atoms with van der Waals surface area (Å²) in [7, 11) is 0. The lowest BCUT2D eigenvalue weighted by Crippen LogP contribution is -2.24. The highest BCUT2D eigenvalue weighted by Crippen LogP contribution is 2.24. The highest BCUT2D eigenvalue weighted by Gasteiger charge is 2.16. The fraction of sp³-hybridized carbons (Fsp3) is 0.333. The maximum atomic E-state index is 11.3. The minimum Gasteiger partial charge on any atom is -0.306 e. The van der Waals surface area contributed by atoms with Crippen molar-refractivity contribution in [2.75, 3.05) is 0 Å². The summed E-state index contributed by atoms with van der Waals surface area (Å²) >= 11 is 1.67. The summed E-state index contributed by atoms with van der Waals surface area (Å²) in [6.07, 6.45) is 2.83. The predicted octanol–water partition coefficient (Wildman–Crippen LogP) is 3.11. The second kappa shape index (κ2) is 5.83. The second-order valence-corrected chi connectivity index (χ2v) is 6.03. The van der Waals surface area contributed by atoms with E-state index >= 15 is 0 Å². The molecule has 21 heavy (non-hydrogen) atoms. The van der Waals surface area contributed by atoms with Crippen LogP contribution in [0.15, 0.2) is 34.6 Å². The molecule has 2 heterocycles. The molecule has 3 aromatic rings. The van der Waals surface area contributed by atoms with Gasteiger partial charge in [-0.3, -0.25) is 0 Å². The zero-order chi connectivity index (χ0) is 14.8. The first-order valence-corrected chi connectivity index (χ1v) is 7.92. The molecule has 0 fully saturated rings. The molecular formula is C15H18N4OS. The summed E-state index contributed by atoms with van der Waals surface area (Å²) in [6, 6.07) is 6.42. The van der Waals surface area contributed by atoms with Crippen LogP contribution in [-0.2, 0) is 0 Å². The molecule has 3 rings (SSSR count). The van der Waals surface area contributed by atoms with E-state index < -0.39 is 0 Å². The topological polar surface area (TPSA) is 73.6 Å². The lowest BCUT2D eigenvalue weighted by molar-refractivity contribution is 0.455. The van der Waals surface area contributed by atoms with Crippen molar-refractivity contribution in [1.29, 1.82) is 0 Å². The van der Waals surface area contributed by atoms with Gasteiger partial charge in [0.05, 0.1) is 17.1 Å². The molecule has 6 heteroatoms. The summed E-state index contributed by atoms with van der Waals surface area (Å²) < 4.78 is 0. The van der Waals surface area contributed by atoms with Gasteiger partial charge in [-0.25, -0.2) is 9.78 Å². The molecule has 2 unspecified atom stereocenters. The summed E-state index contributed by atoms with van der Waals surface area (Å²) in [6.45, 7) is 4.28. The number of thiazole rings is 1. The molecule has 3 N–H and O–H groups in total. The molecule has 1 aromatic carbocycles. The van der Waals surface area contributed by atoms with Gasteiger partial charge in [-0.2, -0.15) is 0 Å². The molecule has 0 saturated carbocycles. The van der Waals surface area contributed by atoms with Gasteiger partial charge in [0.15, 0.2) is 0 Å². The molecule has 0 aliphatic heterocycles. The third kappa shape index (κ3) is 2.91. The molecule has 0 spiro atoms. The Morgan fingerprint density at radius 1 is 1.33 bits per heavy atom. The van der Waals surface area contributed by atoms with Crippen LogP contribution in [0.25, 0.3) is 11.0 Å². The van der Waals surface area contributed by atoms with Crippen LogP contribution in [0.3, 0.4) is 0 Å². The first-order chi connectivity index (χ1) is 10.2. The van der Waals surface area contributed by atoms with Gasteiger partial charge in [-0.15, -0.1) is 11.3 Å². The third-order valence-electron chi connectivity index (χ3n) is 3.65. The van der Waals surface area contributed by atoms with E-state index in [-0.39, 0.29) is 17.8 Å². The highest BCUT2D eigenvalue weighted by atomic mass is 32.1. The SMILES string of the molecule is CCC(NC(C)c1ccc2[nH]c(=O)[nH]c2c1)c1nccs1. The summed E-state index contributed by atoms with van der Waals surface area (Å²) in [5.74, 6) is 0. The Morgan fingerprint density at radius 2 is 2.14 bits per heavy atom. The largest absolute Gasteiger partial charge is 0.323 e. The summed E-state index contributed by atoms with van der Waals surface area (Å²) in [5, 5.41) is 6.72. The van der Waals surface area contributed by atoms with E-state index in [0.717, 1.165) is 28.0 Å². The Hall–Kier alpha value is -1.92. The highest BCUT2D eigenvalue weighted by molar-refractivity contribution is 7.09. The fourth-order valence-electron chi connectivity index (χ4n) is 2.49. The van der Waals surface area contributed by atoms with Gasteiger partial charge in [0.2, 0.25) is 0 Å². The maximum absolute atomic E-state index is 11.3. The molecule has 0 bridgehead atoms. The third-order valence-corrected chi connectivity index (χ3v) is 4.54. The smallest absolute Gasteiger partial charge is 0.306 e. The number of nitrogens with one attached hydrogen (secondary N) is 3. The van der Waals surface area contributed by atoms with Gasteiger partial charge in [0, 0.05) is 17.6 Å². The van der Waals surface area contributed by atoms with Crippen LogP contribution >= 0.6 is 11.3 Å².